The zero-order chi connectivity index (χ0) is 16.4. The summed E-state index contributed by atoms with van der Waals surface area (Å²) in [4.78, 5) is 21.9. The molecule has 1 saturated heterocycles. The second-order valence-electron chi connectivity index (χ2n) is 5.59. The number of aryl methyl sites for hydroxylation is 1. The predicted molar refractivity (Wildman–Crippen MR) is 91.1 cm³/mol. The van der Waals surface area contributed by atoms with Crippen molar-refractivity contribution in [2.24, 2.45) is 0 Å². The highest BCUT2D eigenvalue weighted by atomic mass is 16.5. The van der Waals surface area contributed by atoms with E-state index in [1.54, 1.807) is 7.11 Å². The zero-order valence-electron chi connectivity index (χ0n) is 13.3. The van der Waals surface area contributed by atoms with Crippen LogP contribution in [-0.4, -0.2) is 43.3 Å². The summed E-state index contributed by atoms with van der Waals surface area (Å²) in [6.45, 7) is 5.25. The van der Waals surface area contributed by atoms with Crippen LogP contribution in [0.15, 0.2) is 23.0 Å². The lowest BCUT2D eigenvalue weighted by molar-refractivity contribution is 0.416. The Kier molecular flexibility index (Phi) is 4.20. The maximum atomic E-state index is 12.6. The third-order valence-corrected chi connectivity index (χ3v) is 3.98. The summed E-state index contributed by atoms with van der Waals surface area (Å²) in [5.74, 6) is 1.33. The molecule has 0 saturated carbocycles. The summed E-state index contributed by atoms with van der Waals surface area (Å²) in [5.41, 5.74) is 7.88. The standard InChI is InChI=1S/C16H21N5O2/c1-10-3-4-12(23-2)11(9-10)13-14(17)19-16(20-15(13)22)21-7-5-18-6-8-21/h3-4,9,18H,5-8H2,1-2H3,(H3,17,19,20,22). The Hall–Kier alpha value is -2.54. The summed E-state index contributed by atoms with van der Waals surface area (Å²) < 4.78 is 5.36. The monoisotopic (exact) mass is 315 g/mol. The van der Waals surface area contributed by atoms with Crippen LogP contribution in [0, 0.1) is 6.92 Å². The van der Waals surface area contributed by atoms with Gasteiger partial charge in [-0.25, -0.2) is 0 Å². The Morgan fingerprint density at radius 3 is 2.70 bits per heavy atom. The molecule has 0 radical (unpaired) electrons. The number of H-pyrrole nitrogens is 1. The van der Waals surface area contributed by atoms with Crippen LogP contribution >= 0.6 is 0 Å². The summed E-state index contributed by atoms with van der Waals surface area (Å²) in [6.07, 6.45) is 0. The molecule has 4 N–H and O–H groups in total. The second-order valence-corrected chi connectivity index (χ2v) is 5.59. The largest absolute Gasteiger partial charge is 0.496 e. The van der Waals surface area contributed by atoms with Crippen molar-refractivity contribution < 1.29 is 4.74 Å². The Labute approximate surface area is 134 Å². The molecule has 0 unspecified atom stereocenters. The minimum absolute atomic E-state index is 0.214. The molecule has 1 aliphatic heterocycles. The van der Waals surface area contributed by atoms with Gasteiger partial charge in [0, 0.05) is 31.7 Å². The molecule has 3 rings (SSSR count). The van der Waals surface area contributed by atoms with Crippen molar-refractivity contribution in [3.8, 4) is 16.9 Å². The number of hydrogen-bond donors (Lipinski definition) is 3. The highest BCUT2D eigenvalue weighted by molar-refractivity contribution is 5.78. The predicted octanol–water partition coefficient (Wildman–Crippen LogP) is 0.746. The normalized spacial score (nSPS) is 14.8. The van der Waals surface area contributed by atoms with Crippen molar-refractivity contribution in [1.29, 1.82) is 0 Å². The van der Waals surface area contributed by atoms with Gasteiger partial charge in [0.05, 0.1) is 12.7 Å². The number of piperazine rings is 1. The molecule has 0 amide bonds. The maximum absolute atomic E-state index is 12.6. The lowest BCUT2D eigenvalue weighted by atomic mass is 10.0. The number of nitrogens with zero attached hydrogens (tertiary/aromatic N) is 2. The third-order valence-electron chi connectivity index (χ3n) is 3.98. The fourth-order valence-electron chi connectivity index (χ4n) is 2.78. The molecule has 2 heterocycles. The second kappa shape index (κ2) is 6.29. The Morgan fingerprint density at radius 2 is 2.04 bits per heavy atom. The van der Waals surface area contributed by atoms with Crippen LogP contribution in [0.2, 0.25) is 0 Å². The van der Waals surface area contributed by atoms with E-state index in [9.17, 15) is 4.79 Å². The van der Waals surface area contributed by atoms with E-state index >= 15 is 0 Å². The third kappa shape index (κ3) is 3.00. The molecule has 0 spiro atoms. The molecule has 0 aliphatic carbocycles. The lowest BCUT2D eigenvalue weighted by Crippen LogP contribution is -2.44. The van der Waals surface area contributed by atoms with Crippen LogP contribution in [-0.2, 0) is 0 Å². The summed E-state index contributed by atoms with van der Waals surface area (Å²) >= 11 is 0. The number of nitrogen functional groups attached to an aromatic ring is 1. The van der Waals surface area contributed by atoms with Crippen LogP contribution in [0.1, 0.15) is 5.56 Å². The number of nitrogens with one attached hydrogen (secondary N) is 2. The van der Waals surface area contributed by atoms with Crippen molar-refractivity contribution in [2.45, 2.75) is 6.92 Å². The van der Waals surface area contributed by atoms with E-state index < -0.39 is 0 Å². The molecule has 1 aromatic carbocycles. The molecule has 1 aliphatic rings. The van der Waals surface area contributed by atoms with E-state index in [2.05, 4.69) is 15.3 Å². The lowest BCUT2D eigenvalue weighted by Gasteiger charge is -2.28. The van der Waals surface area contributed by atoms with Gasteiger partial charge in [0.15, 0.2) is 0 Å². The average molecular weight is 315 g/mol. The van der Waals surface area contributed by atoms with Crippen LogP contribution in [0.5, 0.6) is 5.75 Å². The van der Waals surface area contributed by atoms with Crippen LogP contribution < -0.4 is 26.2 Å². The summed E-state index contributed by atoms with van der Waals surface area (Å²) in [5, 5.41) is 3.26. The molecule has 2 aromatic rings. The van der Waals surface area contributed by atoms with Gasteiger partial charge in [0.2, 0.25) is 5.95 Å². The van der Waals surface area contributed by atoms with Gasteiger partial charge in [-0.2, -0.15) is 4.98 Å². The molecule has 1 fully saturated rings. The van der Waals surface area contributed by atoms with Gasteiger partial charge >= 0.3 is 0 Å². The first-order valence-corrected chi connectivity index (χ1v) is 7.60. The Bertz CT molecular complexity index is 766. The molecule has 7 heteroatoms. The van der Waals surface area contributed by atoms with Crippen molar-refractivity contribution in [2.75, 3.05) is 43.9 Å². The molecule has 7 nitrogen and oxygen atoms in total. The minimum Gasteiger partial charge on any atom is -0.496 e. The number of aromatic amines is 1. The molecular weight excluding hydrogens is 294 g/mol. The molecule has 0 atom stereocenters. The van der Waals surface area contributed by atoms with Gasteiger partial charge in [-0.05, 0) is 19.1 Å². The smallest absolute Gasteiger partial charge is 0.262 e. The van der Waals surface area contributed by atoms with Gasteiger partial charge in [-0.3, -0.25) is 9.78 Å². The number of aromatic nitrogens is 2. The Balaban J connectivity index is 2.08. The Morgan fingerprint density at radius 1 is 1.30 bits per heavy atom. The van der Waals surface area contributed by atoms with Crippen molar-refractivity contribution in [3.05, 3.63) is 34.1 Å². The van der Waals surface area contributed by atoms with Gasteiger partial charge in [-0.15, -0.1) is 0 Å². The van der Waals surface area contributed by atoms with Crippen molar-refractivity contribution >= 4 is 11.8 Å². The van der Waals surface area contributed by atoms with Gasteiger partial charge < -0.3 is 20.7 Å². The van der Waals surface area contributed by atoms with E-state index in [4.69, 9.17) is 10.5 Å². The fourth-order valence-corrected chi connectivity index (χ4v) is 2.78. The average Bonchev–Trinajstić information content (AvgIpc) is 2.55. The number of hydrogen-bond acceptors (Lipinski definition) is 6. The van der Waals surface area contributed by atoms with Crippen LogP contribution in [0.4, 0.5) is 11.8 Å². The molecular formula is C16H21N5O2. The van der Waals surface area contributed by atoms with E-state index in [-0.39, 0.29) is 11.4 Å². The van der Waals surface area contributed by atoms with E-state index in [1.807, 2.05) is 30.0 Å². The highest BCUT2D eigenvalue weighted by Gasteiger charge is 2.19. The van der Waals surface area contributed by atoms with Gasteiger partial charge in [0.1, 0.15) is 11.6 Å². The summed E-state index contributed by atoms with van der Waals surface area (Å²) in [7, 11) is 1.57. The van der Waals surface area contributed by atoms with Crippen molar-refractivity contribution in [1.82, 2.24) is 15.3 Å². The van der Waals surface area contributed by atoms with Crippen LogP contribution in [0.3, 0.4) is 0 Å². The summed E-state index contributed by atoms with van der Waals surface area (Å²) in [6, 6.07) is 5.63. The number of anilines is 2. The SMILES string of the molecule is COc1ccc(C)cc1-c1c(N)nc(N2CCNCC2)[nH]c1=O. The zero-order valence-corrected chi connectivity index (χ0v) is 13.3. The van der Waals surface area contributed by atoms with Gasteiger partial charge in [-0.1, -0.05) is 11.6 Å². The molecule has 122 valence electrons. The first-order valence-electron chi connectivity index (χ1n) is 7.60. The maximum Gasteiger partial charge on any atom is 0.262 e. The number of rotatable bonds is 3. The number of benzene rings is 1. The van der Waals surface area contributed by atoms with Crippen molar-refractivity contribution in [3.63, 3.8) is 0 Å². The molecule has 0 bridgehead atoms. The van der Waals surface area contributed by atoms with E-state index in [0.717, 1.165) is 31.7 Å². The molecule has 23 heavy (non-hydrogen) atoms. The first kappa shape index (κ1) is 15.4. The topological polar surface area (TPSA) is 96.3 Å². The first-order chi connectivity index (χ1) is 11.1. The quantitative estimate of drug-likeness (QED) is 0.773. The minimum atomic E-state index is -0.255. The number of methoxy groups -OCH3 is 1. The van der Waals surface area contributed by atoms with Gasteiger partial charge in [0.25, 0.3) is 5.56 Å². The fraction of sp³-hybridized carbons (Fsp3) is 0.375. The number of nitrogens with two attached hydrogens (primary N) is 1. The van der Waals surface area contributed by atoms with Crippen LogP contribution in [0.25, 0.3) is 11.1 Å². The molecule has 1 aromatic heterocycles. The highest BCUT2D eigenvalue weighted by Crippen LogP contribution is 2.31. The van der Waals surface area contributed by atoms with E-state index in [0.29, 0.717) is 22.8 Å². The number of ether oxygens (including phenoxy) is 1. The van der Waals surface area contributed by atoms with E-state index in [1.165, 1.54) is 0 Å².